The molecule has 1 atom stereocenters. The lowest BCUT2D eigenvalue weighted by molar-refractivity contribution is 0.262. The van der Waals surface area contributed by atoms with Gasteiger partial charge >= 0.3 is 0 Å². The van der Waals surface area contributed by atoms with Gasteiger partial charge in [-0.05, 0) is 29.3 Å². The van der Waals surface area contributed by atoms with Crippen molar-refractivity contribution >= 4 is 38.4 Å². The molecule has 6 nitrogen and oxygen atoms in total. The molecular formula is C42H26N4O2. The standard InChI is InChI=1S/C42H26N4O2/c1-4-11-26(12-5-1)39-44-40(27-13-6-2-7-14-27)46-41(45-39)28-21-19-25(20-22-28)30-23-32-36-34(24-30)47-33-18-10-17-31(35(33)36)37-38(32)48-42(43-37)29-15-8-3-9-16-29/h1-24,42-43H. The van der Waals surface area contributed by atoms with Crippen molar-refractivity contribution in [1.29, 1.82) is 0 Å². The normalized spacial score (nSPS) is 14.0. The van der Waals surface area contributed by atoms with Crippen LogP contribution < -0.4 is 10.1 Å². The van der Waals surface area contributed by atoms with Gasteiger partial charge in [0.2, 0.25) is 0 Å². The third-order valence-corrected chi connectivity index (χ3v) is 9.13. The van der Waals surface area contributed by atoms with Crippen LogP contribution in [0, 0.1) is 0 Å². The van der Waals surface area contributed by atoms with Gasteiger partial charge in [-0.3, -0.25) is 0 Å². The fourth-order valence-corrected chi connectivity index (χ4v) is 6.83. The molecule has 2 aromatic heterocycles. The van der Waals surface area contributed by atoms with Gasteiger partial charge < -0.3 is 14.5 Å². The van der Waals surface area contributed by atoms with Crippen molar-refractivity contribution < 1.29 is 9.15 Å². The maximum absolute atomic E-state index is 6.67. The van der Waals surface area contributed by atoms with E-state index in [-0.39, 0.29) is 6.23 Å². The quantitative estimate of drug-likeness (QED) is 0.194. The van der Waals surface area contributed by atoms with Crippen molar-refractivity contribution in [3.63, 3.8) is 0 Å². The van der Waals surface area contributed by atoms with Crippen LogP contribution in [0.3, 0.4) is 0 Å². The number of hydrogen-bond donors (Lipinski definition) is 1. The molecule has 6 heteroatoms. The topological polar surface area (TPSA) is 73.1 Å². The first-order valence-corrected chi connectivity index (χ1v) is 16.0. The van der Waals surface area contributed by atoms with Crippen LogP contribution >= 0.6 is 0 Å². The molecule has 3 heterocycles. The Kier molecular flexibility index (Phi) is 5.84. The Balaban J connectivity index is 1.09. The minimum Gasteiger partial charge on any atom is -0.464 e. The van der Waals surface area contributed by atoms with Crippen LogP contribution in [0.4, 0.5) is 5.69 Å². The Morgan fingerprint density at radius 1 is 0.458 bits per heavy atom. The minimum absolute atomic E-state index is 0.271. The number of ether oxygens (including phenoxy) is 1. The maximum atomic E-state index is 6.67. The number of nitrogens with one attached hydrogen (secondary N) is 1. The van der Waals surface area contributed by atoms with Crippen molar-refractivity contribution in [3.05, 3.63) is 151 Å². The van der Waals surface area contributed by atoms with Crippen molar-refractivity contribution in [2.45, 2.75) is 6.23 Å². The lowest BCUT2D eigenvalue weighted by Crippen LogP contribution is -2.09. The van der Waals surface area contributed by atoms with Gasteiger partial charge in [0.05, 0.1) is 5.69 Å². The SMILES string of the molecule is c1ccc(-c2nc(-c3ccccc3)nc(-c3ccc(-c4cc5oc6cccc7c8c(c(c4)c5c67)OC(c4ccccc4)N8)cc3)n2)cc1. The Hall–Kier alpha value is -6.53. The van der Waals surface area contributed by atoms with E-state index in [4.69, 9.17) is 24.1 Å². The molecule has 9 aromatic rings. The van der Waals surface area contributed by atoms with Crippen molar-refractivity contribution in [2.24, 2.45) is 0 Å². The number of fused-ring (bicyclic) bond motifs is 3. The summed E-state index contributed by atoms with van der Waals surface area (Å²) in [4.78, 5) is 14.6. The summed E-state index contributed by atoms with van der Waals surface area (Å²) < 4.78 is 13.1. The zero-order valence-electron chi connectivity index (χ0n) is 25.6. The molecule has 0 amide bonds. The van der Waals surface area contributed by atoms with Gasteiger partial charge in [0.1, 0.15) is 11.2 Å². The summed E-state index contributed by atoms with van der Waals surface area (Å²) in [6, 6.07) is 49.3. The molecule has 226 valence electrons. The third kappa shape index (κ3) is 4.23. The molecule has 0 bridgehead atoms. The number of rotatable bonds is 5. The Bertz CT molecular complexity index is 2540. The zero-order valence-corrected chi connectivity index (χ0v) is 25.6. The van der Waals surface area contributed by atoms with Gasteiger partial charge in [-0.25, -0.2) is 15.0 Å². The smallest absolute Gasteiger partial charge is 0.196 e. The number of anilines is 1. The fourth-order valence-electron chi connectivity index (χ4n) is 6.83. The lowest BCUT2D eigenvalue weighted by Gasteiger charge is -2.12. The van der Waals surface area contributed by atoms with E-state index < -0.39 is 0 Å². The van der Waals surface area contributed by atoms with E-state index in [1.54, 1.807) is 0 Å². The van der Waals surface area contributed by atoms with Crippen molar-refractivity contribution in [3.8, 4) is 51.0 Å². The number of benzene rings is 7. The molecule has 0 aliphatic carbocycles. The number of nitrogens with zero attached hydrogens (tertiary/aromatic N) is 3. The van der Waals surface area contributed by atoms with Crippen LogP contribution in [-0.4, -0.2) is 15.0 Å². The molecule has 7 aromatic carbocycles. The first kappa shape index (κ1) is 26.7. The van der Waals surface area contributed by atoms with E-state index in [1.165, 1.54) is 0 Å². The molecule has 0 saturated carbocycles. The maximum Gasteiger partial charge on any atom is 0.196 e. The molecule has 10 rings (SSSR count). The molecular weight excluding hydrogens is 592 g/mol. The highest BCUT2D eigenvalue weighted by molar-refractivity contribution is 6.28. The fraction of sp³-hybridized carbons (Fsp3) is 0.0238. The van der Waals surface area contributed by atoms with Gasteiger partial charge in [0.15, 0.2) is 29.5 Å². The number of aromatic nitrogens is 3. The number of furan rings is 1. The van der Waals surface area contributed by atoms with E-state index >= 15 is 0 Å². The summed E-state index contributed by atoms with van der Waals surface area (Å²) in [5.41, 5.74) is 8.66. The lowest BCUT2D eigenvalue weighted by atomic mass is 9.95. The molecule has 1 unspecified atom stereocenters. The highest BCUT2D eigenvalue weighted by Gasteiger charge is 2.31. The molecule has 0 saturated heterocycles. The van der Waals surface area contributed by atoms with Gasteiger partial charge in [0, 0.05) is 43.8 Å². The summed E-state index contributed by atoms with van der Waals surface area (Å²) in [7, 11) is 0. The van der Waals surface area contributed by atoms with Gasteiger partial charge in [-0.2, -0.15) is 0 Å². The average molecular weight is 619 g/mol. The molecule has 0 radical (unpaired) electrons. The summed E-state index contributed by atoms with van der Waals surface area (Å²) >= 11 is 0. The highest BCUT2D eigenvalue weighted by atomic mass is 16.5. The second-order valence-corrected chi connectivity index (χ2v) is 12.1. The largest absolute Gasteiger partial charge is 0.464 e. The number of hydrogen-bond acceptors (Lipinski definition) is 6. The predicted molar refractivity (Wildman–Crippen MR) is 191 cm³/mol. The van der Waals surface area contributed by atoms with E-state index in [9.17, 15) is 0 Å². The molecule has 1 N–H and O–H groups in total. The van der Waals surface area contributed by atoms with Crippen molar-refractivity contribution in [2.75, 3.05) is 5.32 Å². The van der Waals surface area contributed by atoms with Gasteiger partial charge in [-0.1, -0.05) is 127 Å². The molecule has 0 spiro atoms. The Morgan fingerprint density at radius 2 is 1.02 bits per heavy atom. The second kappa shape index (κ2) is 10.5. The van der Waals surface area contributed by atoms with E-state index in [2.05, 4.69) is 59.9 Å². The Morgan fingerprint density at radius 3 is 1.67 bits per heavy atom. The van der Waals surface area contributed by atoms with Crippen LogP contribution in [0.5, 0.6) is 5.75 Å². The van der Waals surface area contributed by atoms with Crippen LogP contribution in [0.15, 0.2) is 150 Å². The van der Waals surface area contributed by atoms with E-state index in [1.807, 2.05) is 91.0 Å². The monoisotopic (exact) mass is 618 g/mol. The minimum atomic E-state index is -0.271. The zero-order chi connectivity index (χ0) is 31.6. The van der Waals surface area contributed by atoms with Gasteiger partial charge in [-0.15, -0.1) is 0 Å². The van der Waals surface area contributed by atoms with Crippen LogP contribution in [0.25, 0.3) is 78.0 Å². The summed E-state index contributed by atoms with van der Waals surface area (Å²) in [5.74, 6) is 2.75. The van der Waals surface area contributed by atoms with Crippen LogP contribution in [-0.2, 0) is 0 Å². The molecule has 0 fully saturated rings. The van der Waals surface area contributed by atoms with Crippen molar-refractivity contribution in [1.82, 2.24) is 15.0 Å². The highest BCUT2D eigenvalue weighted by Crippen LogP contribution is 2.52. The van der Waals surface area contributed by atoms with Crippen LogP contribution in [0.1, 0.15) is 11.8 Å². The first-order chi connectivity index (χ1) is 23.8. The molecule has 48 heavy (non-hydrogen) atoms. The summed E-state index contributed by atoms with van der Waals surface area (Å²) in [6.07, 6.45) is -0.271. The van der Waals surface area contributed by atoms with E-state index in [0.29, 0.717) is 17.5 Å². The van der Waals surface area contributed by atoms with Crippen LogP contribution in [0.2, 0.25) is 0 Å². The van der Waals surface area contributed by atoms with E-state index in [0.717, 1.165) is 77.5 Å². The average Bonchev–Trinajstić information content (AvgIpc) is 3.79. The first-order valence-electron chi connectivity index (χ1n) is 16.0. The molecule has 1 aliphatic rings. The summed E-state index contributed by atoms with van der Waals surface area (Å²) in [6.45, 7) is 0. The molecule has 1 aliphatic heterocycles. The third-order valence-electron chi connectivity index (χ3n) is 9.13. The Labute approximate surface area is 275 Å². The summed E-state index contributed by atoms with van der Waals surface area (Å²) in [5, 5.41) is 7.99. The van der Waals surface area contributed by atoms with Gasteiger partial charge in [0.25, 0.3) is 0 Å². The predicted octanol–water partition coefficient (Wildman–Crippen LogP) is 10.5. The second-order valence-electron chi connectivity index (χ2n) is 12.1.